The van der Waals surface area contributed by atoms with Gasteiger partial charge in [0.15, 0.2) is 0 Å². The molecule has 0 radical (unpaired) electrons. The summed E-state index contributed by atoms with van der Waals surface area (Å²) in [6, 6.07) is 2.92. The van der Waals surface area contributed by atoms with Crippen molar-refractivity contribution in [1.29, 1.82) is 5.26 Å². The van der Waals surface area contributed by atoms with Crippen LogP contribution in [0.4, 0.5) is 17.6 Å². The van der Waals surface area contributed by atoms with Crippen LogP contribution < -0.4 is 5.32 Å². The average Bonchev–Trinajstić information content (AvgIpc) is 2.34. The van der Waals surface area contributed by atoms with Crippen molar-refractivity contribution >= 4 is 5.91 Å². The standard InChI is InChI=1S/C12H10F4N2O/c1-2-8(6-17)18-11(19)7-3-4-10(13)9(5-7)12(14,15)16/h3-5,8H,2H2,1H3,(H,18,19). The number of alkyl halides is 3. The van der Waals surface area contributed by atoms with E-state index >= 15 is 0 Å². The van der Waals surface area contributed by atoms with Crippen LogP contribution in [0, 0.1) is 17.1 Å². The van der Waals surface area contributed by atoms with Gasteiger partial charge in [-0.1, -0.05) is 6.92 Å². The molecule has 0 saturated carbocycles. The fourth-order valence-corrected chi connectivity index (χ4v) is 1.35. The highest BCUT2D eigenvalue weighted by molar-refractivity contribution is 5.94. The molecule has 0 spiro atoms. The van der Waals surface area contributed by atoms with Crippen LogP contribution in [0.3, 0.4) is 0 Å². The second-order valence-corrected chi connectivity index (χ2v) is 3.76. The molecule has 19 heavy (non-hydrogen) atoms. The third-order valence-corrected chi connectivity index (χ3v) is 2.40. The number of rotatable bonds is 3. The average molecular weight is 274 g/mol. The number of nitrogens with zero attached hydrogens (tertiary/aromatic N) is 1. The first kappa shape index (κ1) is 15.0. The first-order chi connectivity index (χ1) is 8.79. The summed E-state index contributed by atoms with van der Waals surface area (Å²) in [7, 11) is 0. The topological polar surface area (TPSA) is 52.9 Å². The lowest BCUT2D eigenvalue weighted by molar-refractivity contribution is -0.140. The molecular formula is C12H10F4N2O. The molecule has 1 amide bonds. The van der Waals surface area contributed by atoms with Crippen molar-refractivity contribution in [3.8, 4) is 6.07 Å². The Labute approximate surface area is 106 Å². The number of carbonyl (C=O) groups is 1. The van der Waals surface area contributed by atoms with Crippen molar-refractivity contribution in [3.63, 3.8) is 0 Å². The molecule has 1 aromatic carbocycles. The van der Waals surface area contributed by atoms with Crippen molar-refractivity contribution < 1.29 is 22.4 Å². The molecule has 0 fully saturated rings. The summed E-state index contributed by atoms with van der Waals surface area (Å²) in [6.07, 6.45) is -4.56. The van der Waals surface area contributed by atoms with E-state index in [4.69, 9.17) is 5.26 Å². The van der Waals surface area contributed by atoms with Crippen LogP contribution >= 0.6 is 0 Å². The maximum atomic E-state index is 13.0. The predicted molar refractivity (Wildman–Crippen MR) is 58.6 cm³/mol. The van der Waals surface area contributed by atoms with E-state index in [1.54, 1.807) is 13.0 Å². The number of benzene rings is 1. The van der Waals surface area contributed by atoms with Crippen LogP contribution in [-0.4, -0.2) is 11.9 Å². The third-order valence-electron chi connectivity index (χ3n) is 2.40. The minimum Gasteiger partial charge on any atom is -0.336 e. The van der Waals surface area contributed by atoms with Gasteiger partial charge in [0, 0.05) is 5.56 Å². The Morgan fingerprint density at radius 1 is 1.47 bits per heavy atom. The largest absolute Gasteiger partial charge is 0.419 e. The maximum absolute atomic E-state index is 13.0. The van der Waals surface area contributed by atoms with Gasteiger partial charge in [0.1, 0.15) is 11.9 Å². The molecule has 1 unspecified atom stereocenters. The summed E-state index contributed by atoms with van der Waals surface area (Å²) in [5, 5.41) is 10.9. The van der Waals surface area contributed by atoms with Gasteiger partial charge >= 0.3 is 6.18 Å². The zero-order valence-electron chi connectivity index (χ0n) is 9.88. The molecule has 3 nitrogen and oxygen atoms in total. The monoisotopic (exact) mass is 274 g/mol. The van der Waals surface area contributed by atoms with Gasteiger partial charge in [-0.2, -0.15) is 18.4 Å². The van der Waals surface area contributed by atoms with E-state index in [2.05, 4.69) is 5.32 Å². The zero-order valence-corrected chi connectivity index (χ0v) is 9.88. The number of hydrogen-bond donors (Lipinski definition) is 1. The first-order valence-electron chi connectivity index (χ1n) is 5.36. The molecule has 0 bridgehead atoms. The lowest BCUT2D eigenvalue weighted by Gasteiger charge is -2.12. The van der Waals surface area contributed by atoms with Crippen LogP contribution in [0.2, 0.25) is 0 Å². The summed E-state index contributed by atoms with van der Waals surface area (Å²) in [5.74, 6) is -2.30. The number of hydrogen-bond acceptors (Lipinski definition) is 2. The van der Waals surface area contributed by atoms with Gasteiger partial charge < -0.3 is 5.32 Å². The second-order valence-electron chi connectivity index (χ2n) is 3.76. The van der Waals surface area contributed by atoms with Gasteiger partial charge in [0.25, 0.3) is 5.91 Å². The zero-order chi connectivity index (χ0) is 14.6. The van der Waals surface area contributed by atoms with Crippen LogP contribution in [0.5, 0.6) is 0 Å². The van der Waals surface area contributed by atoms with Crippen molar-refractivity contribution in [2.24, 2.45) is 0 Å². The van der Waals surface area contributed by atoms with E-state index < -0.39 is 29.5 Å². The van der Waals surface area contributed by atoms with Crippen LogP contribution in [0.15, 0.2) is 18.2 Å². The van der Waals surface area contributed by atoms with Crippen LogP contribution in [0.25, 0.3) is 0 Å². The highest BCUT2D eigenvalue weighted by atomic mass is 19.4. The Morgan fingerprint density at radius 3 is 2.58 bits per heavy atom. The second kappa shape index (κ2) is 5.69. The van der Waals surface area contributed by atoms with Gasteiger partial charge in [-0.25, -0.2) is 4.39 Å². The molecule has 1 aromatic rings. The molecule has 0 aliphatic rings. The fraction of sp³-hybridized carbons (Fsp3) is 0.333. The summed E-state index contributed by atoms with van der Waals surface area (Å²) < 4.78 is 50.4. The molecule has 0 aliphatic heterocycles. The Balaban J connectivity index is 3.03. The van der Waals surface area contributed by atoms with E-state index in [0.717, 1.165) is 6.07 Å². The van der Waals surface area contributed by atoms with Crippen molar-refractivity contribution in [1.82, 2.24) is 5.32 Å². The van der Waals surface area contributed by atoms with Crippen molar-refractivity contribution in [2.45, 2.75) is 25.6 Å². The van der Waals surface area contributed by atoms with E-state index in [0.29, 0.717) is 18.6 Å². The van der Waals surface area contributed by atoms with Crippen molar-refractivity contribution in [3.05, 3.63) is 35.1 Å². The summed E-state index contributed by atoms with van der Waals surface area (Å²) in [6.45, 7) is 1.64. The number of amides is 1. The van der Waals surface area contributed by atoms with E-state index in [-0.39, 0.29) is 5.56 Å². The number of nitriles is 1. The van der Waals surface area contributed by atoms with Gasteiger partial charge in [-0.15, -0.1) is 0 Å². The normalized spacial score (nSPS) is 12.6. The van der Waals surface area contributed by atoms with Crippen LogP contribution in [-0.2, 0) is 6.18 Å². The minimum absolute atomic E-state index is 0.315. The fourth-order valence-electron chi connectivity index (χ4n) is 1.35. The maximum Gasteiger partial charge on any atom is 0.419 e. The molecule has 0 heterocycles. The molecule has 102 valence electrons. The number of halogens is 4. The summed E-state index contributed by atoms with van der Waals surface area (Å²) in [5.41, 5.74) is -1.85. The molecule has 7 heteroatoms. The first-order valence-corrected chi connectivity index (χ1v) is 5.36. The number of nitrogens with one attached hydrogen (secondary N) is 1. The SMILES string of the molecule is CCC(C#N)NC(=O)c1ccc(F)c(C(F)(F)F)c1. The van der Waals surface area contributed by atoms with E-state index in [1.165, 1.54) is 0 Å². The molecule has 0 saturated heterocycles. The Hall–Kier alpha value is -2.10. The van der Waals surface area contributed by atoms with Gasteiger partial charge in [-0.05, 0) is 24.6 Å². The Kier molecular flexibility index (Phi) is 4.48. The lowest BCUT2D eigenvalue weighted by atomic mass is 10.1. The van der Waals surface area contributed by atoms with Crippen LogP contribution in [0.1, 0.15) is 29.3 Å². The minimum atomic E-state index is -4.88. The Bertz CT molecular complexity index is 519. The third kappa shape index (κ3) is 3.68. The van der Waals surface area contributed by atoms with Gasteiger partial charge in [0.05, 0.1) is 11.6 Å². The lowest BCUT2D eigenvalue weighted by Crippen LogP contribution is -2.33. The molecule has 1 rings (SSSR count). The van der Waals surface area contributed by atoms with Crippen molar-refractivity contribution in [2.75, 3.05) is 0 Å². The number of carbonyl (C=O) groups excluding carboxylic acids is 1. The molecule has 1 atom stereocenters. The molecular weight excluding hydrogens is 264 g/mol. The quantitative estimate of drug-likeness (QED) is 0.862. The summed E-state index contributed by atoms with van der Waals surface area (Å²) in [4.78, 5) is 11.6. The molecule has 0 aliphatic carbocycles. The van der Waals surface area contributed by atoms with Gasteiger partial charge in [-0.3, -0.25) is 4.79 Å². The highest BCUT2D eigenvalue weighted by Gasteiger charge is 2.34. The summed E-state index contributed by atoms with van der Waals surface area (Å²) >= 11 is 0. The Morgan fingerprint density at radius 2 is 2.11 bits per heavy atom. The van der Waals surface area contributed by atoms with E-state index in [9.17, 15) is 22.4 Å². The molecule has 0 aromatic heterocycles. The molecule has 1 N–H and O–H groups in total. The van der Waals surface area contributed by atoms with Gasteiger partial charge in [0.2, 0.25) is 0 Å². The predicted octanol–water partition coefficient (Wildman–Crippen LogP) is 2.88. The van der Waals surface area contributed by atoms with E-state index in [1.807, 2.05) is 0 Å². The highest BCUT2D eigenvalue weighted by Crippen LogP contribution is 2.31. The smallest absolute Gasteiger partial charge is 0.336 e.